The van der Waals surface area contributed by atoms with Gasteiger partial charge in [0.2, 0.25) is 0 Å². The summed E-state index contributed by atoms with van der Waals surface area (Å²) in [5.74, 6) is -0.198. The van der Waals surface area contributed by atoms with E-state index in [4.69, 9.17) is 0 Å². The second kappa shape index (κ2) is 5.28. The summed E-state index contributed by atoms with van der Waals surface area (Å²) in [5, 5.41) is 2.86. The Bertz CT molecular complexity index is 627. The molecule has 2 aromatic rings. The Morgan fingerprint density at radius 2 is 2.30 bits per heavy atom. The fourth-order valence-corrected chi connectivity index (χ4v) is 2.42. The van der Waals surface area contributed by atoms with E-state index in [1.54, 1.807) is 6.20 Å². The van der Waals surface area contributed by atoms with Crippen LogP contribution in [0.15, 0.2) is 36.8 Å². The maximum absolute atomic E-state index is 11.9. The predicted octanol–water partition coefficient (Wildman–Crippen LogP) is 1.40. The molecule has 0 radical (unpaired) electrons. The zero-order valence-corrected chi connectivity index (χ0v) is 11.3. The van der Waals surface area contributed by atoms with Gasteiger partial charge in [0.15, 0.2) is 0 Å². The van der Waals surface area contributed by atoms with Gasteiger partial charge in [-0.3, -0.25) is 9.78 Å². The van der Waals surface area contributed by atoms with Gasteiger partial charge in [-0.25, -0.2) is 4.98 Å². The molecule has 1 N–H and O–H groups in total. The monoisotopic (exact) mass is 268 g/mol. The molecule has 1 amide bonds. The van der Waals surface area contributed by atoms with Crippen molar-refractivity contribution in [2.75, 3.05) is 18.5 Å². The minimum absolute atomic E-state index is 0.198. The van der Waals surface area contributed by atoms with Crippen molar-refractivity contribution in [1.29, 1.82) is 0 Å². The SMILES string of the molecule is CN1CCc2cc(CNC(=O)c3cnccn3)ccc21. The van der Waals surface area contributed by atoms with Crippen molar-refractivity contribution in [3.8, 4) is 0 Å². The number of carbonyl (C=O) groups excluding carboxylic acids is 1. The number of nitrogens with one attached hydrogen (secondary N) is 1. The molecule has 1 aliphatic rings. The number of hydrogen-bond acceptors (Lipinski definition) is 4. The Kier molecular flexibility index (Phi) is 3.33. The topological polar surface area (TPSA) is 58.1 Å². The zero-order chi connectivity index (χ0) is 13.9. The summed E-state index contributed by atoms with van der Waals surface area (Å²) < 4.78 is 0. The van der Waals surface area contributed by atoms with Crippen molar-refractivity contribution in [3.63, 3.8) is 0 Å². The highest BCUT2D eigenvalue weighted by Gasteiger charge is 2.15. The standard InChI is InChI=1S/C15H16N4O/c1-19-7-4-12-8-11(2-3-14(12)19)9-18-15(20)13-10-16-5-6-17-13/h2-3,5-6,8,10H,4,7,9H2,1H3,(H,18,20). The second-order valence-electron chi connectivity index (χ2n) is 4.91. The second-order valence-corrected chi connectivity index (χ2v) is 4.91. The molecule has 1 aromatic heterocycles. The maximum Gasteiger partial charge on any atom is 0.271 e. The van der Waals surface area contributed by atoms with Crippen LogP contribution >= 0.6 is 0 Å². The molecule has 0 aliphatic carbocycles. The van der Waals surface area contributed by atoms with Gasteiger partial charge in [-0.15, -0.1) is 0 Å². The number of nitrogens with zero attached hydrogens (tertiary/aromatic N) is 3. The molecule has 0 fully saturated rings. The Morgan fingerprint density at radius 1 is 1.40 bits per heavy atom. The van der Waals surface area contributed by atoms with Crippen LogP contribution in [0, 0.1) is 0 Å². The first kappa shape index (κ1) is 12.6. The molecule has 0 saturated heterocycles. The number of rotatable bonds is 3. The van der Waals surface area contributed by atoms with Crippen LogP contribution in [0.5, 0.6) is 0 Å². The quantitative estimate of drug-likeness (QED) is 0.914. The van der Waals surface area contributed by atoms with Gasteiger partial charge in [0.05, 0.1) is 6.20 Å². The molecule has 0 atom stereocenters. The lowest BCUT2D eigenvalue weighted by molar-refractivity contribution is 0.0945. The summed E-state index contributed by atoms with van der Waals surface area (Å²) in [6.07, 6.45) is 5.60. The molecule has 5 nitrogen and oxygen atoms in total. The fraction of sp³-hybridized carbons (Fsp3) is 0.267. The van der Waals surface area contributed by atoms with Crippen molar-refractivity contribution >= 4 is 11.6 Å². The first-order valence-corrected chi connectivity index (χ1v) is 6.61. The summed E-state index contributed by atoms with van der Waals surface area (Å²) >= 11 is 0. The lowest BCUT2D eigenvalue weighted by Crippen LogP contribution is -2.23. The number of anilines is 1. The summed E-state index contributed by atoms with van der Waals surface area (Å²) in [6, 6.07) is 6.33. The molecule has 0 saturated carbocycles. The van der Waals surface area contributed by atoms with Gasteiger partial charge in [0, 0.05) is 38.2 Å². The lowest BCUT2D eigenvalue weighted by atomic mass is 10.1. The Labute approximate surface area is 117 Å². The maximum atomic E-state index is 11.9. The average Bonchev–Trinajstić information content (AvgIpc) is 2.87. The Balaban J connectivity index is 1.66. The number of amides is 1. The van der Waals surface area contributed by atoms with Crippen LogP contribution in [0.3, 0.4) is 0 Å². The van der Waals surface area contributed by atoms with E-state index in [0.29, 0.717) is 12.2 Å². The Morgan fingerprint density at radius 3 is 3.10 bits per heavy atom. The predicted molar refractivity (Wildman–Crippen MR) is 76.6 cm³/mol. The molecule has 102 valence electrons. The van der Waals surface area contributed by atoms with Crippen molar-refractivity contribution in [2.45, 2.75) is 13.0 Å². The van der Waals surface area contributed by atoms with Crippen LogP contribution in [0.25, 0.3) is 0 Å². The van der Waals surface area contributed by atoms with Gasteiger partial charge < -0.3 is 10.2 Å². The van der Waals surface area contributed by atoms with Crippen molar-refractivity contribution in [1.82, 2.24) is 15.3 Å². The zero-order valence-electron chi connectivity index (χ0n) is 11.3. The van der Waals surface area contributed by atoms with E-state index in [1.165, 1.54) is 23.6 Å². The van der Waals surface area contributed by atoms with E-state index in [9.17, 15) is 4.79 Å². The van der Waals surface area contributed by atoms with Gasteiger partial charge in [-0.1, -0.05) is 12.1 Å². The smallest absolute Gasteiger partial charge is 0.271 e. The summed E-state index contributed by atoms with van der Waals surface area (Å²) in [5.41, 5.74) is 4.08. The third-order valence-corrected chi connectivity index (χ3v) is 3.52. The third kappa shape index (κ3) is 2.47. The third-order valence-electron chi connectivity index (χ3n) is 3.52. The molecule has 5 heteroatoms. The highest BCUT2D eigenvalue weighted by atomic mass is 16.1. The lowest BCUT2D eigenvalue weighted by Gasteiger charge is -2.12. The van der Waals surface area contributed by atoms with E-state index in [1.807, 2.05) is 0 Å². The first-order valence-electron chi connectivity index (χ1n) is 6.61. The molecule has 1 aliphatic heterocycles. The van der Waals surface area contributed by atoms with Crippen molar-refractivity contribution in [2.24, 2.45) is 0 Å². The van der Waals surface area contributed by atoms with Crippen LogP contribution in [0.2, 0.25) is 0 Å². The Hall–Kier alpha value is -2.43. The van der Waals surface area contributed by atoms with Crippen LogP contribution in [-0.2, 0) is 13.0 Å². The molecule has 2 heterocycles. The highest BCUT2D eigenvalue weighted by Crippen LogP contribution is 2.27. The molecule has 0 bridgehead atoms. The normalized spacial score (nSPS) is 13.2. The van der Waals surface area contributed by atoms with Crippen molar-refractivity contribution in [3.05, 3.63) is 53.6 Å². The number of fused-ring (bicyclic) bond motifs is 1. The van der Waals surface area contributed by atoms with E-state index in [-0.39, 0.29) is 5.91 Å². The summed E-state index contributed by atoms with van der Waals surface area (Å²) in [4.78, 5) is 22.0. The number of hydrogen-bond donors (Lipinski definition) is 1. The number of likely N-dealkylation sites (N-methyl/N-ethyl adjacent to an activating group) is 1. The fourth-order valence-electron chi connectivity index (χ4n) is 2.42. The minimum Gasteiger partial charge on any atom is -0.374 e. The van der Waals surface area contributed by atoms with Gasteiger partial charge >= 0.3 is 0 Å². The van der Waals surface area contributed by atoms with Crippen LogP contribution in [0.4, 0.5) is 5.69 Å². The molecular weight excluding hydrogens is 252 g/mol. The molecule has 0 spiro atoms. The average molecular weight is 268 g/mol. The van der Waals surface area contributed by atoms with Crippen LogP contribution in [-0.4, -0.2) is 29.5 Å². The summed E-state index contributed by atoms with van der Waals surface area (Å²) in [6.45, 7) is 1.57. The van der Waals surface area contributed by atoms with E-state index >= 15 is 0 Å². The molecule has 20 heavy (non-hydrogen) atoms. The van der Waals surface area contributed by atoms with E-state index < -0.39 is 0 Å². The van der Waals surface area contributed by atoms with Gasteiger partial charge in [0.25, 0.3) is 5.91 Å². The first-order chi connectivity index (χ1) is 9.74. The number of carbonyl (C=O) groups is 1. The van der Waals surface area contributed by atoms with Crippen LogP contribution in [0.1, 0.15) is 21.6 Å². The molecular formula is C15H16N4O. The van der Waals surface area contributed by atoms with Gasteiger partial charge in [0.1, 0.15) is 5.69 Å². The molecule has 0 unspecified atom stereocenters. The summed E-state index contributed by atoms with van der Waals surface area (Å²) in [7, 11) is 2.10. The van der Waals surface area contributed by atoms with Gasteiger partial charge in [-0.05, 0) is 23.6 Å². The number of benzene rings is 1. The van der Waals surface area contributed by atoms with Gasteiger partial charge in [-0.2, -0.15) is 0 Å². The van der Waals surface area contributed by atoms with E-state index in [2.05, 4.69) is 45.4 Å². The highest BCUT2D eigenvalue weighted by molar-refractivity contribution is 5.91. The minimum atomic E-state index is -0.198. The van der Waals surface area contributed by atoms with E-state index in [0.717, 1.165) is 18.5 Å². The largest absolute Gasteiger partial charge is 0.374 e. The van der Waals surface area contributed by atoms with Crippen LogP contribution < -0.4 is 10.2 Å². The van der Waals surface area contributed by atoms with Crippen molar-refractivity contribution < 1.29 is 4.79 Å². The molecule has 1 aromatic carbocycles. The molecule has 3 rings (SSSR count). The number of aromatic nitrogens is 2.